The van der Waals surface area contributed by atoms with E-state index in [0.29, 0.717) is 36.0 Å². The summed E-state index contributed by atoms with van der Waals surface area (Å²) in [4.78, 5) is 14.3. The molecule has 0 aliphatic carbocycles. The van der Waals surface area contributed by atoms with Crippen molar-refractivity contribution >= 4 is 21.6 Å². The van der Waals surface area contributed by atoms with Gasteiger partial charge in [-0.15, -0.1) is 0 Å². The van der Waals surface area contributed by atoms with Crippen molar-refractivity contribution in [2.24, 2.45) is 0 Å². The Bertz CT molecular complexity index is 952. The van der Waals surface area contributed by atoms with Crippen molar-refractivity contribution in [1.29, 1.82) is 0 Å². The summed E-state index contributed by atoms with van der Waals surface area (Å²) in [5.74, 6) is 0.853. The Morgan fingerprint density at radius 3 is 2.21 bits per heavy atom. The molecule has 1 saturated heterocycles. The van der Waals surface area contributed by atoms with E-state index < -0.39 is 10.0 Å². The topological polar surface area (TPSA) is 84.9 Å². The number of carbonyl (C=O) groups is 1. The predicted octanol–water partition coefficient (Wildman–Crippen LogP) is 3.52. The number of carbonyl (C=O) groups excluding carboxylic acids is 1. The minimum Gasteiger partial charge on any atom is -0.490 e. The maximum Gasteiger partial charge on any atom is 0.262 e. The first kappa shape index (κ1) is 21.0. The Morgan fingerprint density at radius 1 is 0.966 bits per heavy atom. The molecule has 29 heavy (non-hydrogen) atoms. The molecular weight excluding hydrogens is 392 g/mol. The average molecular weight is 419 g/mol. The minimum atomic E-state index is -3.82. The lowest BCUT2D eigenvalue weighted by molar-refractivity contribution is 0.0793. The van der Waals surface area contributed by atoms with E-state index >= 15 is 0 Å². The lowest BCUT2D eigenvalue weighted by Gasteiger charge is -2.16. The van der Waals surface area contributed by atoms with Gasteiger partial charge in [0.25, 0.3) is 15.9 Å². The monoisotopic (exact) mass is 418 g/mol. The molecule has 8 heteroatoms. The molecular formula is C21H26N2O5S. The minimum absolute atomic E-state index is 0.0234. The SMILES string of the molecule is CCOc1ccc(S(=O)(=O)Nc2ccc(C(=O)N3CCCC3)cc2)cc1OCC. The Morgan fingerprint density at radius 2 is 1.59 bits per heavy atom. The number of hydrogen-bond acceptors (Lipinski definition) is 5. The fourth-order valence-corrected chi connectivity index (χ4v) is 4.27. The number of rotatable bonds is 8. The van der Waals surface area contributed by atoms with E-state index in [1.54, 1.807) is 30.3 Å². The summed E-state index contributed by atoms with van der Waals surface area (Å²) in [7, 11) is -3.82. The van der Waals surface area contributed by atoms with Crippen LogP contribution in [0.4, 0.5) is 5.69 Å². The van der Waals surface area contributed by atoms with E-state index in [0.717, 1.165) is 25.9 Å². The highest BCUT2D eigenvalue weighted by Crippen LogP contribution is 2.31. The molecule has 2 aromatic rings. The maximum absolute atomic E-state index is 12.8. The molecule has 1 aliphatic rings. The fourth-order valence-electron chi connectivity index (χ4n) is 3.20. The maximum atomic E-state index is 12.8. The van der Waals surface area contributed by atoms with Crippen LogP contribution < -0.4 is 14.2 Å². The molecule has 0 radical (unpaired) electrons. The third-order valence-corrected chi connectivity index (χ3v) is 5.98. The van der Waals surface area contributed by atoms with E-state index in [4.69, 9.17) is 9.47 Å². The number of likely N-dealkylation sites (tertiary alicyclic amines) is 1. The van der Waals surface area contributed by atoms with Gasteiger partial charge in [0.2, 0.25) is 0 Å². The average Bonchev–Trinajstić information content (AvgIpc) is 3.24. The summed E-state index contributed by atoms with van der Waals surface area (Å²) in [6.45, 7) is 6.05. The number of anilines is 1. The van der Waals surface area contributed by atoms with Crippen LogP contribution in [0.3, 0.4) is 0 Å². The van der Waals surface area contributed by atoms with Crippen molar-refractivity contribution in [3.63, 3.8) is 0 Å². The third kappa shape index (κ3) is 5.00. The molecule has 0 unspecified atom stereocenters. The number of benzene rings is 2. The van der Waals surface area contributed by atoms with Crippen molar-refractivity contribution in [3.8, 4) is 11.5 Å². The highest BCUT2D eigenvalue weighted by Gasteiger charge is 2.20. The van der Waals surface area contributed by atoms with Gasteiger partial charge in [0.05, 0.1) is 18.1 Å². The quantitative estimate of drug-likeness (QED) is 0.709. The summed E-state index contributed by atoms with van der Waals surface area (Å²) in [5.41, 5.74) is 0.935. The second-order valence-corrected chi connectivity index (χ2v) is 8.34. The smallest absolute Gasteiger partial charge is 0.262 e. The summed E-state index contributed by atoms with van der Waals surface area (Å²) in [6.07, 6.45) is 2.05. The van der Waals surface area contributed by atoms with Gasteiger partial charge in [-0.05, 0) is 63.1 Å². The fraction of sp³-hybridized carbons (Fsp3) is 0.381. The first-order chi connectivity index (χ1) is 13.9. The van der Waals surface area contributed by atoms with E-state index in [1.807, 2.05) is 18.7 Å². The molecule has 3 rings (SSSR count). The van der Waals surface area contributed by atoms with Crippen molar-refractivity contribution in [2.75, 3.05) is 31.0 Å². The van der Waals surface area contributed by atoms with Crippen molar-refractivity contribution in [3.05, 3.63) is 48.0 Å². The van der Waals surface area contributed by atoms with Gasteiger partial charge in [0.15, 0.2) is 11.5 Å². The van der Waals surface area contributed by atoms with Gasteiger partial charge in [-0.25, -0.2) is 8.42 Å². The van der Waals surface area contributed by atoms with Crippen molar-refractivity contribution in [1.82, 2.24) is 4.90 Å². The second-order valence-electron chi connectivity index (χ2n) is 6.66. The summed E-state index contributed by atoms with van der Waals surface area (Å²) >= 11 is 0. The molecule has 1 heterocycles. The normalized spacial score (nSPS) is 13.9. The van der Waals surface area contributed by atoms with Crippen molar-refractivity contribution in [2.45, 2.75) is 31.6 Å². The highest BCUT2D eigenvalue weighted by atomic mass is 32.2. The lowest BCUT2D eigenvalue weighted by atomic mass is 10.2. The van der Waals surface area contributed by atoms with Gasteiger partial charge in [0, 0.05) is 30.4 Å². The first-order valence-electron chi connectivity index (χ1n) is 9.76. The van der Waals surface area contributed by atoms with E-state index in [2.05, 4.69) is 4.72 Å². The van der Waals surface area contributed by atoms with E-state index in [9.17, 15) is 13.2 Å². The molecule has 0 aromatic heterocycles. The summed E-state index contributed by atoms with van der Waals surface area (Å²) in [6, 6.07) is 11.0. The number of hydrogen-bond donors (Lipinski definition) is 1. The van der Waals surface area contributed by atoms with Gasteiger partial charge in [0.1, 0.15) is 0 Å². The molecule has 7 nitrogen and oxygen atoms in total. The zero-order chi connectivity index (χ0) is 20.9. The van der Waals surface area contributed by atoms with Gasteiger partial charge < -0.3 is 14.4 Å². The third-order valence-electron chi connectivity index (χ3n) is 4.60. The van der Waals surface area contributed by atoms with Crippen LogP contribution in [0.5, 0.6) is 11.5 Å². The summed E-state index contributed by atoms with van der Waals surface area (Å²) < 4.78 is 39.1. The van der Waals surface area contributed by atoms with Crippen LogP contribution >= 0.6 is 0 Å². The second kappa shape index (κ2) is 9.17. The zero-order valence-corrected chi connectivity index (χ0v) is 17.5. The van der Waals surface area contributed by atoms with Gasteiger partial charge >= 0.3 is 0 Å². The number of ether oxygens (including phenoxy) is 2. The van der Waals surface area contributed by atoms with Crippen LogP contribution in [0, 0.1) is 0 Å². The Kier molecular flexibility index (Phi) is 6.64. The molecule has 1 amide bonds. The molecule has 0 saturated carbocycles. The van der Waals surface area contributed by atoms with Crippen LogP contribution in [0.2, 0.25) is 0 Å². The summed E-state index contributed by atoms with van der Waals surface area (Å²) in [5, 5.41) is 0. The Balaban J connectivity index is 1.76. The molecule has 1 aliphatic heterocycles. The van der Waals surface area contributed by atoms with E-state index in [-0.39, 0.29) is 10.8 Å². The molecule has 156 valence electrons. The van der Waals surface area contributed by atoms with Crippen LogP contribution in [0.1, 0.15) is 37.0 Å². The number of sulfonamides is 1. The largest absolute Gasteiger partial charge is 0.490 e. The molecule has 1 fully saturated rings. The molecule has 1 N–H and O–H groups in total. The Hall–Kier alpha value is -2.74. The molecule has 0 spiro atoms. The van der Waals surface area contributed by atoms with Crippen LogP contribution in [0.15, 0.2) is 47.4 Å². The lowest BCUT2D eigenvalue weighted by Crippen LogP contribution is -2.27. The van der Waals surface area contributed by atoms with Crippen LogP contribution in [0.25, 0.3) is 0 Å². The van der Waals surface area contributed by atoms with Crippen molar-refractivity contribution < 1.29 is 22.7 Å². The molecule has 2 aromatic carbocycles. The van der Waals surface area contributed by atoms with Gasteiger partial charge in [-0.3, -0.25) is 9.52 Å². The first-order valence-corrected chi connectivity index (χ1v) is 11.2. The Labute approximate surface area is 171 Å². The van der Waals surface area contributed by atoms with E-state index in [1.165, 1.54) is 12.1 Å². The zero-order valence-electron chi connectivity index (χ0n) is 16.7. The molecule has 0 atom stereocenters. The van der Waals surface area contributed by atoms with Gasteiger partial charge in [-0.2, -0.15) is 0 Å². The highest BCUT2D eigenvalue weighted by molar-refractivity contribution is 7.92. The number of amides is 1. The van der Waals surface area contributed by atoms with Gasteiger partial charge in [-0.1, -0.05) is 0 Å². The number of nitrogens with one attached hydrogen (secondary N) is 1. The predicted molar refractivity (Wildman–Crippen MR) is 111 cm³/mol. The van der Waals surface area contributed by atoms with Crippen LogP contribution in [-0.4, -0.2) is 45.5 Å². The number of nitrogens with zero attached hydrogens (tertiary/aromatic N) is 1. The molecule has 0 bridgehead atoms. The standard InChI is InChI=1S/C21H26N2O5S/c1-3-27-19-12-11-18(15-20(19)28-4-2)29(25,26)22-17-9-7-16(8-10-17)21(24)23-13-5-6-14-23/h7-12,15,22H,3-6,13-14H2,1-2H3. The van der Waals surface area contributed by atoms with Crippen LogP contribution in [-0.2, 0) is 10.0 Å².